The van der Waals surface area contributed by atoms with Gasteiger partial charge in [0, 0.05) is 0 Å². The van der Waals surface area contributed by atoms with Gasteiger partial charge in [0.2, 0.25) is 0 Å². The second kappa shape index (κ2) is 2.42. The molecule has 0 N–H and O–H groups in total. The molecule has 1 fully saturated rings. The molecule has 6 heavy (non-hydrogen) atoms. The molecule has 0 nitrogen and oxygen atoms in total. The molecule has 1 heterocycles. The zero-order valence-corrected chi connectivity index (χ0v) is 6.96. The predicted molar refractivity (Wildman–Crippen MR) is 30.5 cm³/mol. The Balaban J connectivity index is 2.18. The SMILES string of the molecule is [Cl][Sb]1[CH2]CC[CH2]1. The molecule has 0 radical (unpaired) electrons. The van der Waals surface area contributed by atoms with Crippen LogP contribution in [0.1, 0.15) is 12.8 Å². The summed E-state index contributed by atoms with van der Waals surface area (Å²) in [5.74, 6) is 0. The van der Waals surface area contributed by atoms with E-state index >= 15 is 0 Å². The van der Waals surface area contributed by atoms with Crippen LogP contribution in [0.25, 0.3) is 0 Å². The van der Waals surface area contributed by atoms with Crippen molar-refractivity contribution in [3.63, 3.8) is 0 Å². The van der Waals surface area contributed by atoms with Crippen molar-refractivity contribution in [3.05, 3.63) is 0 Å². The fourth-order valence-corrected chi connectivity index (χ4v) is 6.16. The molecule has 0 aliphatic carbocycles. The quantitative estimate of drug-likeness (QED) is 0.540. The first-order valence-corrected chi connectivity index (χ1v) is 9.14. The Bertz CT molecular complexity index is 40.8. The Kier molecular flexibility index (Phi) is 2.12. The normalized spacial score (nSPS) is 25.5. The van der Waals surface area contributed by atoms with Gasteiger partial charge >= 0.3 is 49.5 Å². The van der Waals surface area contributed by atoms with Crippen molar-refractivity contribution in [2.24, 2.45) is 0 Å². The van der Waals surface area contributed by atoms with Crippen LogP contribution in [0.3, 0.4) is 0 Å². The van der Waals surface area contributed by atoms with E-state index in [0.717, 1.165) is 0 Å². The van der Waals surface area contributed by atoms with Crippen LogP contribution in [-0.4, -0.2) is 19.1 Å². The molecule has 0 saturated carbocycles. The second-order valence-corrected chi connectivity index (χ2v) is 10.0. The Hall–Kier alpha value is 1.11. The third kappa shape index (κ3) is 1.31. The van der Waals surface area contributed by atoms with Gasteiger partial charge in [-0.05, 0) is 0 Å². The van der Waals surface area contributed by atoms with Gasteiger partial charge in [-0.15, -0.1) is 0 Å². The Morgan fingerprint density at radius 2 is 1.67 bits per heavy atom. The second-order valence-electron chi connectivity index (χ2n) is 1.62. The van der Waals surface area contributed by atoms with Crippen LogP contribution in [0.4, 0.5) is 0 Å². The summed E-state index contributed by atoms with van der Waals surface area (Å²) in [5, 5.41) is 0. The van der Waals surface area contributed by atoms with E-state index in [1.165, 1.54) is 21.6 Å². The maximum absolute atomic E-state index is 5.90. The Morgan fingerprint density at radius 3 is 1.83 bits per heavy atom. The molecule has 1 aliphatic rings. The molecule has 36 valence electrons. The van der Waals surface area contributed by atoms with Crippen molar-refractivity contribution in [3.8, 4) is 0 Å². The van der Waals surface area contributed by atoms with Crippen LogP contribution in [0.5, 0.6) is 0 Å². The maximum atomic E-state index is 5.90. The molecular formula is C4H8ClSb. The van der Waals surface area contributed by atoms with Gasteiger partial charge in [0.05, 0.1) is 0 Å². The fraction of sp³-hybridized carbons (Fsp3) is 1.00. The summed E-state index contributed by atoms with van der Waals surface area (Å²) in [4.78, 5) is 0. The van der Waals surface area contributed by atoms with Gasteiger partial charge in [-0.2, -0.15) is 0 Å². The first kappa shape index (κ1) is 5.25. The van der Waals surface area contributed by atoms with Crippen molar-refractivity contribution in [1.82, 2.24) is 0 Å². The van der Waals surface area contributed by atoms with Gasteiger partial charge in [0.25, 0.3) is 0 Å². The van der Waals surface area contributed by atoms with Crippen molar-refractivity contribution >= 4 is 27.9 Å². The zero-order chi connectivity index (χ0) is 4.41. The van der Waals surface area contributed by atoms with E-state index in [1.807, 2.05) is 0 Å². The van der Waals surface area contributed by atoms with Crippen LogP contribution < -0.4 is 0 Å². The van der Waals surface area contributed by atoms with Gasteiger partial charge < -0.3 is 0 Å². The van der Waals surface area contributed by atoms with Crippen molar-refractivity contribution in [2.45, 2.75) is 21.6 Å². The van der Waals surface area contributed by atoms with Crippen LogP contribution in [0, 0.1) is 0 Å². The first-order chi connectivity index (χ1) is 2.89. The summed E-state index contributed by atoms with van der Waals surface area (Å²) in [5.41, 5.74) is 0. The van der Waals surface area contributed by atoms with Crippen LogP contribution in [0.2, 0.25) is 8.73 Å². The van der Waals surface area contributed by atoms with Crippen LogP contribution >= 0.6 is 8.83 Å². The third-order valence-electron chi connectivity index (χ3n) is 1.05. The molecule has 0 aromatic heterocycles. The van der Waals surface area contributed by atoms with E-state index in [0.29, 0.717) is 0 Å². The van der Waals surface area contributed by atoms with Gasteiger partial charge in [-0.25, -0.2) is 0 Å². The zero-order valence-electron chi connectivity index (χ0n) is 3.65. The molecule has 2 heteroatoms. The standard InChI is InChI=1S/C4H8.ClH.Sb/c1-3-4-2;;/h1-4H2;1H;/q;;+1/p-1. The van der Waals surface area contributed by atoms with Crippen molar-refractivity contribution < 1.29 is 0 Å². The van der Waals surface area contributed by atoms with Gasteiger partial charge in [-0.1, -0.05) is 0 Å². The van der Waals surface area contributed by atoms with Crippen molar-refractivity contribution in [1.29, 1.82) is 0 Å². The monoisotopic (exact) mass is 212 g/mol. The summed E-state index contributed by atoms with van der Waals surface area (Å²) in [7, 11) is 5.90. The molecule has 0 unspecified atom stereocenters. The Labute approximate surface area is 49.5 Å². The predicted octanol–water partition coefficient (Wildman–Crippen LogP) is 2.01. The summed E-state index contributed by atoms with van der Waals surface area (Å²) in [6.45, 7) is 0. The summed E-state index contributed by atoms with van der Waals surface area (Å²) < 4.78 is 2.87. The molecule has 0 aromatic rings. The number of hydrogen-bond donors (Lipinski definition) is 0. The molecule has 0 atom stereocenters. The van der Waals surface area contributed by atoms with Gasteiger partial charge in [0.15, 0.2) is 0 Å². The third-order valence-corrected chi connectivity index (χ3v) is 7.89. The molecule has 1 aliphatic heterocycles. The molecule has 0 spiro atoms. The molecule has 0 bridgehead atoms. The summed E-state index contributed by atoms with van der Waals surface area (Å²) in [6, 6.07) is 0. The fourth-order valence-electron chi connectivity index (χ4n) is 0.679. The first-order valence-electron chi connectivity index (χ1n) is 2.30. The number of halogens is 1. The van der Waals surface area contributed by atoms with E-state index in [-0.39, 0.29) is 0 Å². The van der Waals surface area contributed by atoms with Crippen molar-refractivity contribution in [2.75, 3.05) is 0 Å². The average Bonchev–Trinajstić information content (AvgIpc) is 1.86. The molecule has 1 saturated heterocycles. The van der Waals surface area contributed by atoms with Gasteiger partial charge in [-0.3, -0.25) is 0 Å². The minimum atomic E-state index is -0.928. The minimum absolute atomic E-state index is 0.928. The van der Waals surface area contributed by atoms with E-state index in [1.54, 1.807) is 0 Å². The summed E-state index contributed by atoms with van der Waals surface area (Å²) in [6.07, 6.45) is 2.87. The molecule has 0 amide bonds. The Morgan fingerprint density at radius 1 is 1.17 bits per heavy atom. The molecular weight excluding hydrogens is 205 g/mol. The topological polar surface area (TPSA) is 0 Å². The number of hydrogen-bond acceptors (Lipinski definition) is 0. The average molecular weight is 213 g/mol. The van der Waals surface area contributed by atoms with E-state index in [4.69, 9.17) is 8.83 Å². The summed E-state index contributed by atoms with van der Waals surface area (Å²) >= 11 is -0.928. The van der Waals surface area contributed by atoms with Crippen LogP contribution in [0.15, 0.2) is 0 Å². The van der Waals surface area contributed by atoms with E-state index in [9.17, 15) is 0 Å². The molecule has 1 rings (SSSR count). The van der Waals surface area contributed by atoms with E-state index < -0.39 is 19.1 Å². The van der Waals surface area contributed by atoms with Gasteiger partial charge in [0.1, 0.15) is 0 Å². The molecule has 0 aromatic carbocycles. The van der Waals surface area contributed by atoms with E-state index in [2.05, 4.69) is 0 Å². The number of rotatable bonds is 0. The van der Waals surface area contributed by atoms with Crippen LogP contribution in [-0.2, 0) is 0 Å².